The Kier molecular flexibility index (Phi) is 3.99. The molecule has 0 atom stereocenters. The summed E-state index contributed by atoms with van der Waals surface area (Å²) < 4.78 is 40.4. The summed E-state index contributed by atoms with van der Waals surface area (Å²) in [5.41, 5.74) is 1.21. The first-order chi connectivity index (χ1) is 9.84. The van der Waals surface area contributed by atoms with Gasteiger partial charge in [0.05, 0.1) is 24.6 Å². The monoisotopic (exact) mass is 299 g/mol. The molecule has 1 amide bonds. The Balaban J connectivity index is 2.57. The third-order valence-electron chi connectivity index (χ3n) is 2.76. The number of aromatic nitrogens is 2. The lowest BCUT2D eigenvalue weighted by atomic mass is 10.2. The number of aryl methyl sites for hydroxylation is 1. The number of hydrogen-bond acceptors (Lipinski definition) is 3. The van der Waals surface area contributed by atoms with Crippen molar-refractivity contribution in [3.63, 3.8) is 0 Å². The van der Waals surface area contributed by atoms with Crippen LogP contribution in [0.2, 0.25) is 0 Å². The number of halogens is 3. The molecule has 1 heterocycles. The van der Waals surface area contributed by atoms with E-state index < -0.39 is 23.3 Å². The fourth-order valence-corrected chi connectivity index (χ4v) is 1.82. The van der Waals surface area contributed by atoms with Crippen LogP contribution in [0.1, 0.15) is 21.6 Å². The zero-order chi connectivity index (χ0) is 15.6. The molecule has 1 N–H and O–H groups in total. The largest absolute Gasteiger partial charge is 0.434 e. The molecule has 5 nitrogen and oxygen atoms in total. The van der Waals surface area contributed by atoms with E-state index >= 15 is 0 Å². The maximum Gasteiger partial charge on any atom is 0.434 e. The normalized spacial score (nSPS) is 11.5. The van der Waals surface area contributed by atoms with Crippen LogP contribution in [0, 0.1) is 6.92 Å². The van der Waals surface area contributed by atoms with Crippen LogP contribution in [0.4, 0.5) is 13.2 Å². The van der Waals surface area contributed by atoms with E-state index in [1.807, 2.05) is 12.4 Å². The molecule has 8 heteroatoms. The minimum Gasteiger partial charge on any atom is -0.277 e. The van der Waals surface area contributed by atoms with Gasteiger partial charge in [0.25, 0.3) is 5.91 Å². The lowest BCUT2D eigenvalue weighted by molar-refractivity contribution is -0.143. The molecule has 112 valence electrons. The van der Waals surface area contributed by atoms with E-state index in [0.29, 0.717) is 4.68 Å². The van der Waals surface area contributed by atoms with Crippen molar-refractivity contribution in [3.8, 4) is 5.69 Å². The molecule has 2 aromatic rings. The van der Waals surface area contributed by atoms with Gasteiger partial charge in [-0.15, -0.1) is 0 Å². The molecule has 1 aromatic carbocycles. The Morgan fingerprint density at radius 3 is 2.43 bits per heavy atom. The van der Waals surface area contributed by atoms with Crippen molar-refractivity contribution >= 4 is 5.91 Å². The smallest absolute Gasteiger partial charge is 0.277 e. The van der Waals surface area contributed by atoms with Gasteiger partial charge in [-0.25, -0.2) is 10.2 Å². The number of nitrogens with one attached hydrogen (secondary N) is 1. The zero-order valence-electron chi connectivity index (χ0n) is 11.2. The van der Waals surface area contributed by atoms with E-state index in [-0.39, 0.29) is 5.69 Å². The van der Waals surface area contributed by atoms with Gasteiger partial charge in [0.2, 0.25) is 0 Å². The van der Waals surface area contributed by atoms with E-state index in [2.05, 4.69) is 9.94 Å². The second-order valence-corrected chi connectivity index (χ2v) is 4.29. The predicted octanol–water partition coefficient (Wildman–Crippen LogP) is 2.49. The molecule has 0 aliphatic heterocycles. The Morgan fingerprint density at radius 2 is 1.90 bits per heavy atom. The molecule has 0 saturated carbocycles. The van der Waals surface area contributed by atoms with Gasteiger partial charge in [0.1, 0.15) is 0 Å². The van der Waals surface area contributed by atoms with Gasteiger partial charge in [0, 0.05) is 0 Å². The highest BCUT2D eigenvalue weighted by atomic mass is 19.4. The number of hydrogen-bond donors (Lipinski definition) is 1. The Bertz CT molecular complexity index is 648. The summed E-state index contributed by atoms with van der Waals surface area (Å²) in [4.78, 5) is 16.0. The maximum atomic E-state index is 13.2. The number of carbonyl (C=O) groups is 1. The van der Waals surface area contributed by atoms with Gasteiger partial charge >= 0.3 is 6.18 Å². The highest BCUT2D eigenvalue weighted by Gasteiger charge is 2.40. The van der Waals surface area contributed by atoms with Crippen LogP contribution >= 0.6 is 0 Å². The summed E-state index contributed by atoms with van der Waals surface area (Å²) in [7, 11) is 1.13. The zero-order valence-corrected chi connectivity index (χ0v) is 11.2. The van der Waals surface area contributed by atoms with Crippen LogP contribution in [-0.4, -0.2) is 22.8 Å². The Morgan fingerprint density at radius 1 is 1.29 bits per heavy atom. The summed E-state index contributed by atoms with van der Waals surface area (Å²) in [6.45, 7) is 1.81. The van der Waals surface area contributed by atoms with Gasteiger partial charge in [-0.2, -0.15) is 18.3 Å². The fourth-order valence-electron chi connectivity index (χ4n) is 1.82. The summed E-state index contributed by atoms with van der Waals surface area (Å²) in [5.74, 6) is -1.01. The van der Waals surface area contributed by atoms with Gasteiger partial charge in [-0.1, -0.05) is 17.7 Å². The highest BCUT2D eigenvalue weighted by molar-refractivity contribution is 5.94. The average molecular weight is 299 g/mol. The summed E-state index contributed by atoms with van der Waals surface area (Å²) >= 11 is 0. The Labute approximate surface area is 118 Å². The summed E-state index contributed by atoms with van der Waals surface area (Å²) in [6.07, 6.45) is -3.88. The van der Waals surface area contributed by atoms with E-state index in [9.17, 15) is 18.0 Å². The second kappa shape index (κ2) is 5.57. The standard InChI is InChI=1S/C13H12F3N3O2/c1-8-3-5-9(6-4-8)19-11(13(14,15)16)10(7-17-19)12(20)18-21-2/h3-7H,1-2H3,(H,18,20). The van der Waals surface area contributed by atoms with Gasteiger partial charge < -0.3 is 0 Å². The molecule has 0 saturated heterocycles. The first kappa shape index (κ1) is 15.0. The van der Waals surface area contributed by atoms with E-state index in [4.69, 9.17) is 0 Å². The molecule has 0 aliphatic rings. The molecule has 0 fully saturated rings. The van der Waals surface area contributed by atoms with Crippen LogP contribution in [0.15, 0.2) is 30.5 Å². The van der Waals surface area contributed by atoms with Crippen molar-refractivity contribution in [3.05, 3.63) is 47.3 Å². The molecule has 0 spiro atoms. The van der Waals surface area contributed by atoms with Crippen LogP contribution < -0.4 is 5.48 Å². The maximum absolute atomic E-state index is 13.2. The number of carbonyl (C=O) groups excluding carboxylic acids is 1. The van der Waals surface area contributed by atoms with Crippen LogP contribution in [0.25, 0.3) is 5.69 Å². The first-order valence-electron chi connectivity index (χ1n) is 5.90. The topological polar surface area (TPSA) is 56.1 Å². The molecular weight excluding hydrogens is 287 g/mol. The lowest BCUT2D eigenvalue weighted by Gasteiger charge is -2.12. The SMILES string of the molecule is CONC(=O)c1cnn(-c2ccc(C)cc2)c1C(F)(F)F. The third kappa shape index (κ3) is 3.05. The molecule has 21 heavy (non-hydrogen) atoms. The molecule has 2 rings (SSSR count). The number of hydroxylamine groups is 1. The molecule has 1 aromatic heterocycles. The van der Waals surface area contributed by atoms with Crippen molar-refractivity contribution in [2.24, 2.45) is 0 Å². The number of alkyl halides is 3. The van der Waals surface area contributed by atoms with Crippen LogP contribution in [0.5, 0.6) is 0 Å². The quantitative estimate of drug-likeness (QED) is 0.886. The van der Waals surface area contributed by atoms with E-state index in [1.165, 1.54) is 12.1 Å². The lowest BCUT2D eigenvalue weighted by Crippen LogP contribution is -2.25. The molecule has 0 radical (unpaired) electrons. The van der Waals surface area contributed by atoms with E-state index in [0.717, 1.165) is 18.9 Å². The minimum absolute atomic E-state index is 0.212. The molecular formula is C13H12F3N3O2. The van der Waals surface area contributed by atoms with Crippen molar-refractivity contribution in [2.45, 2.75) is 13.1 Å². The minimum atomic E-state index is -4.73. The van der Waals surface area contributed by atoms with Crippen molar-refractivity contribution in [1.29, 1.82) is 0 Å². The number of nitrogens with zero attached hydrogens (tertiary/aromatic N) is 2. The molecule has 0 unspecified atom stereocenters. The van der Waals surface area contributed by atoms with Crippen molar-refractivity contribution in [2.75, 3.05) is 7.11 Å². The number of rotatable bonds is 3. The predicted molar refractivity (Wildman–Crippen MR) is 67.8 cm³/mol. The van der Waals surface area contributed by atoms with E-state index in [1.54, 1.807) is 12.1 Å². The Hall–Kier alpha value is -2.35. The first-order valence-corrected chi connectivity index (χ1v) is 5.90. The average Bonchev–Trinajstić information content (AvgIpc) is 2.84. The van der Waals surface area contributed by atoms with Crippen molar-refractivity contribution in [1.82, 2.24) is 15.3 Å². The van der Waals surface area contributed by atoms with Gasteiger partial charge in [-0.3, -0.25) is 9.63 Å². The van der Waals surface area contributed by atoms with Crippen LogP contribution in [0.3, 0.4) is 0 Å². The van der Waals surface area contributed by atoms with Gasteiger partial charge in [0.15, 0.2) is 5.69 Å². The third-order valence-corrected chi connectivity index (χ3v) is 2.76. The number of benzene rings is 1. The molecule has 0 aliphatic carbocycles. The molecule has 0 bridgehead atoms. The summed E-state index contributed by atoms with van der Waals surface area (Å²) in [6, 6.07) is 6.31. The fraction of sp³-hybridized carbons (Fsp3) is 0.231. The van der Waals surface area contributed by atoms with Gasteiger partial charge in [-0.05, 0) is 19.1 Å². The van der Waals surface area contributed by atoms with Crippen molar-refractivity contribution < 1.29 is 22.8 Å². The second-order valence-electron chi connectivity index (χ2n) is 4.29. The highest BCUT2D eigenvalue weighted by Crippen LogP contribution is 2.33. The van der Waals surface area contributed by atoms with Crippen LogP contribution in [-0.2, 0) is 11.0 Å². The summed E-state index contributed by atoms with van der Waals surface area (Å²) in [5, 5.41) is 3.67. The number of amides is 1.